The summed E-state index contributed by atoms with van der Waals surface area (Å²) in [6, 6.07) is 0. The van der Waals surface area contributed by atoms with Crippen molar-refractivity contribution < 1.29 is 5.11 Å². The maximum Gasteiger partial charge on any atom is 0.0678 e. The highest BCUT2D eigenvalue weighted by Gasteiger charge is 2.69. The lowest BCUT2D eigenvalue weighted by Crippen LogP contribution is -2.44. The second-order valence-electron chi connectivity index (χ2n) is 7.67. The van der Waals surface area contributed by atoms with Gasteiger partial charge in [-0.25, -0.2) is 0 Å². The molecule has 3 rings (SSSR count). The summed E-state index contributed by atoms with van der Waals surface area (Å²) in [6.07, 6.45) is 6.18. The van der Waals surface area contributed by atoms with Gasteiger partial charge in [0, 0.05) is 5.41 Å². The Hall–Kier alpha value is -0.0400. The predicted octanol–water partition coefficient (Wildman–Crippen LogP) is 3.61. The van der Waals surface area contributed by atoms with Crippen molar-refractivity contribution in [3.63, 3.8) is 0 Å². The molecule has 3 fully saturated rings. The Bertz CT molecular complexity index is 317. The van der Waals surface area contributed by atoms with Crippen molar-refractivity contribution >= 4 is 0 Å². The SMILES string of the molecule is CC1CCC23CC1C(C)(C)C2CCC3(C)O. The zero-order chi connectivity index (χ0) is 11.8. The van der Waals surface area contributed by atoms with Gasteiger partial charge in [0.15, 0.2) is 0 Å². The molecule has 5 atom stereocenters. The molecule has 2 bridgehead atoms. The molecule has 1 nitrogen and oxygen atoms in total. The molecular weight excluding hydrogens is 196 g/mol. The van der Waals surface area contributed by atoms with Crippen LogP contribution in [0.1, 0.15) is 59.8 Å². The van der Waals surface area contributed by atoms with Crippen molar-refractivity contribution in [2.45, 2.75) is 65.4 Å². The Morgan fingerprint density at radius 1 is 1.06 bits per heavy atom. The number of aliphatic hydroxyl groups is 1. The molecule has 0 radical (unpaired) electrons. The van der Waals surface area contributed by atoms with Crippen molar-refractivity contribution in [3.05, 3.63) is 0 Å². The van der Waals surface area contributed by atoms with Gasteiger partial charge in [-0.3, -0.25) is 0 Å². The summed E-state index contributed by atoms with van der Waals surface area (Å²) in [4.78, 5) is 0. The first kappa shape index (κ1) is 11.1. The lowest BCUT2D eigenvalue weighted by molar-refractivity contribution is -0.0764. The van der Waals surface area contributed by atoms with Crippen molar-refractivity contribution in [1.82, 2.24) is 0 Å². The molecule has 3 saturated carbocycles. The molecule has 1 spiro atoms. The van der Waals surface area contributed by atoms with E-state index < -0.39 is 0 Å². The molecule has 0 aliphatic heterocycles. The standard InChI is InChI=1S/C15H26O/c1-10-5-8-15-9-11(10)13(2,3)12(15)6-7-14(15,4)16/h10-12,16H,5-9H2,1-4H3. The van der Waals surface area contributed by atoms with E-state index in [1.54, 1.807) is 0 Å². The van der Waals surface area contributed by atoms with Crippen LogP contribution >= 0.6 is 0 Å². The molecule has 92 valence electrons. The monoisotopic (exact) mass is 222 g/mol. The van der Waals surface area contributed by atoms with Gasteiger partial charge in [0.1, 0.15) is 0 Å². The summed E-state index contributed by atoms with van der Waals surface area (Å²) in [6.45, 7) is 9.47. The Morgan fingerprint density at radius 2 is 1.75 bits per heavy atom. The first-order valence-corrected chi connectivity index (χ1v) is 7.04. The Balaban J connectivity index is 2.08. The summed E-state index contributed by atoms with van der Waals surface area (Å²) in [5.41, 5.74) is 0.341. The summed E-state index contributed by atoms with van der Waals surface area (Å²) >= 11 is 0. The third-order valence-corrected chi connectivity index (χ3v) is 6.83. The highest BCUT2D eigenvalue weighted by Crippen LogP contribution is 2.73. The summed E-state index contributed by atoms with van der Waals surface area (Å²) in [7, 11) is 0. The first-order valence-electron chi connectivity index (χ1n) is 7.04. The molecule has 0 saturated heterocycles. The average molecular weight is 222 g/mol. The van der Waals surface area contributed by atoms with Crippen molar-refractivity contribution in [2.24, 2.45) is 28.6 Å². The topological polar surface area (TPSA) is 20.2 Å². The van der Waals surface area contributed by atoms with Crippen molar-refractivity contribution in [1.29, 1.82) is 0 Å². The predicted molar refractivity (Wildman–Crippen MR) is 66.1 cm³/mol. The molecule has 0 aromatic rings. The van der Waals surface area contributed by atoms with Crippen LogP contribution in [0.3, 0.4) is 0 Å². The maximum atomic E-state index is 10.8. The van der Waals surface area contributed by atoms with Gasteiger partial charge in [0.05, 0.1) is 5.60 Å². The fourth-order valence-electron chi connectivity index (χ4n) is 5.85. The third kappa shape index (κ3) is 1.02. The van der Waals surface area contributed by atoms with E-state index in [1.165, 1.54) is 25.7 Å². The van der Waals surface area contributed by atoms with Crippen LogP contribution in [0, 0.1) is 28.6 Å². The number of fused-ring (bicyclic) bond motifs is 1. The minimum atomic E-state index is -0.385. The quantitative estimate of drug-likeness (QED) is 0.664. The molecule has 5 unspecified atom stereocenters. The largest absolute Gasteiger partial charge is 0.390 e. The van der Waals surface area contributed by atoms with Gasteiger partial charge >= 0.3 is 0 Å². The molecule has 0 amide bonds. The van der Waals surface area contributed by atoms with Crippen LogP contribution in [0.2, 0.25) is 0 Å². The fraction of sp³-hybridized carbons (Fsp3) is 1.00. The molecule has 0 aromatic heterocycles. The van der Waals surface area contributed by atoms with Gasteiger partial charge in [-0.1, -0.05) is 20.8 Å². The average Bonchev–Trinajstić information content (AvgIpc) is 2.53. The minimum Gasteiger partial charge on any atom is -0.390 e. The van der Waals surface area contributed by atoms with Crippen LogP contribution in [0.5, 0.6) is 0 Å². The van der Waals surface area contributed by atoms with Gasteiger partial charge in [-0.2, -0.15) is 0 Å². The summed E-state index contributed by atoms with van der Waals surface area (Å²) in [5, 5.41) is 10.8. The smallest absolute Gasteiger partial charge is 0.0678 e. The highest BCUT2D eigenvalue weighted by atomic mass is 16.3. The van der Waals surface area contributed by atoms with Crippen LogP contribution in [-0.4, -0.2) is 10.7 Å². The van der Waals surface area contributed by atoms with E-state index in [1.807, 2.05) is 0 Å². The van der Waals surface area contributed by atoms with Crippen LogP contribution in [0.15, 0.2) is 0 Å². The summed E-state index contributed by atoms with van der Waals surface area (Å²) < 4.78 is 0. The number of hydrogen-bond donors (Lipinski definition) is 1. The Kier molecular flexibility index (Phi) is 1.98. The lowest BCUT2D eigenvalue weighted by atomic mass is 9.64. The zero-order valence-electron chi connectivity index (χ0n) is 11.2. The summed E-state index contributed by atoms with van der Waals surface area (Å²) in [5.74, 6) is 2.48. The third-order valence-electron chi connectivity index (χ3n) is 6.83. The molecule has 3 aliphatic rings. The highest BCUT2D eigenvalue weighted by molar-refractivity contribution is 5.18. The second kappa shape index (κ2) is 2.85. The van der Waals surface area contributed by atoms with E-state index in [-0.39, 0.29) is 11.0 Å². The van der Waals surface area contributed by atoms with E-state index in [0.29, 0.717) is 5.41 Å². The van der Waals surface area contributed by atoms with Gasteiger partial charge in [-0.15, -0.1) is 0 Å². The molecular formula is C15H26O. The number of rotatable bonds is 0. The van der Waals surface area contributed by atoms with Gasteiger partial charge < -0.3 is 5.11 Å². The van der Waals surface area contributed by atoms with Crippen LogP contribution in [0.25, 0.3) is 0 Å². The molecule has 1 heteroatoms. The van der Waals surface area contributed by atoms with Crippen LogP contribution in [0.4, 0.5) is 0 Å². The lowest BCUT2D eigenvalue weighted by Gasteiger charge is -2.44. The van der Waals surface area contributed by atoms with E-state index >= 15 is 0 Å². The Labute approximate surface area is 99.6 Å². The molecule has 3 aliphatic carbocycles. The van der Waals surface area contributed by atoms with E-state index in [2.05, 4.69) is 27.7 Å². The van der Waals surface area contributed by atoms with E-state index in [0.717, 1.165) is 24.2 Å². The van der Waals surface area contributed by atoms with Crippen LogP contribution < -0.4 is 0 Å². The molecule has 16 heavy (non-hydrogen) atoms. The fourth-order valence-corrected chi connectivity index (χ4v) is 5.85. The second-order valence-corrected chi connectivity index (χ2v) is 7.67. The molecule has 1 N–H and O–H groups in total. The minimum absolute atomic E-state index is 0.272. The molecule has 0 heterocycles. The van der Waals surface area contributed by atoms with Crippen LogP contribution in [-0.2, 0) is 0 Å². The van der Waals surface area contributed by atoms with E-state index in [9.17, 15) is 5.11 Å². The Morgan fingerprint density at radius 3 is 2.44 bits per heavy atom. The number of hydrogen-bond acceptors (Lipinski definition) is 1. The van der Waals surface area contributed by atoms with Crippen molar-refractivity contribution in [3.8, 4) is 0 Å². The van der Waals surface area contributed by atoms with Gasteiger partial charge in [-0.05, 0) is 62.2 Å². The van der Waals surface area contributed by atoms with E-state index in [4.69, 9.17) is 0 Å². The zero-order valence-corrected chi connectivity index (χ0v) is 11.2. The van der Waals surface area contributed by atoms with Gasteiger partial charge in [0.25, 0.3) is 0 Å². The maximum absolute atomic E-state index is 10.8. The van der Waals surface area contributed by atoms with Gasteiger partial charge in [0.2, 0.25) is 0 Å². The normalized spacial score (nSPS) is 58.7. The van der Waals surface area contributed by atoms with Crippen molar-refractivity contribution in [2.75, 3.05) is 0 Å². The first-order chi connectivity index (χ1) is 7.31. The molecule has 0 aromatic carbocycles.